The Bertz CT molecular complexity index is 975. The number of nitrogens with zero attached hydrogens (tertiary/aromatic N) is 4. The third-order valence-corrected chi connectivity index (χ3v) is 4.78. The monoisotopic (exact) mass is 338 g/mol. The number of benzene rings is 1. The average Bonchev–Trinajstić information content (AvgIpc) is 3.24. The highest BCUT2D eigenvalue weighted by atomic mass is 32.2. The van der Waals surface area contributed by atoms with Gasteiger partial charge in [-0.25, -0.2) is 9.97 Å². The fraction of sp³-hybridized carbons (Fsp3) is 0.278. The first-order chi connectivity index (χ1) is 11.7. The lowest BCUT2D eigenvalue weighted by molar-refractivity contribution is 0.576. The summed E-state index contributed by atoms with van der Waals surface area (Å²) in [6.45, 7) is 4.46. The molecule has 0 saturated heterocycles. The van der Waals surface area contributed by atoms with Crippen molar-refractivity contribution in [2.75, 3.05) is 5.75 Å². The summed E-state index contributed by atoms with van der Waals surface area (Å²) in [5, 5.41) is 6.50. The van der Waals surface area contributed by atoms with E-state index >= 15 is 0 Å². The van der Waals surface area contributed by atoms with Crippen molar-refractivity contribution in [1.82, 2.24) is 19.6 Å². The largest absolute Gasteiger partial charge is 0.461 e. The molecule has 0 fully saturated rings. The van der Waals surface area contributed by atoms with Crippen molar-refractivity contribution in [3.8, 4) is 11.6 Å². The summed E-state index contributed by atoms with van der Waals surface area (Å²) in [5.41, 5.74) is 1.76. The lowest BCUT2D eigenvalue weighted by atomic mass is 10.2. The molecule has 3 aromatic heterocycles. The minimum Gasteiger partial charge on any atom is -0.461 e. The predicted octanol–water partition coefficient (Wildman–Crippen LogP) is 4.68. The number of hydrogen-bond acceptors (Lipinski definition) is 5. The molecule has 4 aromatic rings. The second-order valence-corrected chi connectivity index (χ2v) is 7.15. The van der Waals surface area contributed by atoms with E-state index in [0.717, 1.165) is 33.9 Å². The highest BCUT2D eigenvalue weighted by molar-refractivity contribution is 7.99. The molecule has 0 atom stereocenters. The fourth-order valence-corrected chi connectivity index (χ4v) is 3.70. The lowest BCUT2D eigenvalue weighted by Crippen LogP contribution is -1.99. The summed E-state index contributed by atoms with van der Waals surface area (Å²) in [4.78, 5) is 9.48. The molecule has 4 rings (SSSR count). The van der Waals surface area contributed by atoms with Crippen LogP contribution in [0.5, 0.6) is 0 Å². The summed E-state index contributed by atoms with van der Waals surface area (Å²) in [6, 6.07) is 11.8. The minimum atomic E-state index is 0.587. The lowest BCUT2D eigenvalue weighted by Gasteiger charge is -2.07. The highest BCUT2D eigenvalue weighted by Gasteiger charge is 2.16. The van der Waals surface area contributed by atoms with E-state index in [-0.39, 0.29) is 0 Å². The van der Waals surface area contributed by atoms with Crippen molar-refractivity contribution in [2.24, 2.45) is 5.92 Å². The third kappa shape index (κ3) is 2.78. The van der Waals surface area contributed by atoms with Crippen LogP contribution in [-0.2, 0) is 0 Å². The zero-order valence-electron chi connectivity index (χ0n) is 13.6. The van der Waals surface area contributed by atoms with Crippen molar-refractivity contribution in [3.05, 3.63) is 42.7 Å². The van der Waals surface area contributed by atoms with E-state index in [1.54, 1.807) is 18.0 Å². The molecule has 5 nitrogen and oxygen atoms in total. The number of para-hydroxylation sites is 1. The summed E-state index contributed by atoms with van der Waals surface area (Å²) < 4.78 is 7.29. The van der Waals surface area contributed by atoms with Crippen molar-refractivity contribution < 1.29 is 4.42 Å². The van der Waals surface area contributed by atoms with Crippen LogP contribution in [0.1, 0.15) is 20.3 Å². The maximum atomic E-state index is 5.45. The molecule has 3 heterocycles. The van der Waals surface area contributed by atoms with Crippen LogP contribution in [0, 0.1) is 5.92 Å². The first kappa shape index (κ1) is 15.2. The van der Waals surface area contributed by atoms with Crippen LogP contribution in [0.3, 0.4) is 0 Å². The summed E-state index contributed by atoms with van der Waals surface area (Å²) in [5.74, 6) is 2.93. The van der Waals surface area contributed by atoms with E-state index < -0.39 is 0 Å². The maximum Gasteiger partial charge on any atom is 0.218 e. The standard InChI is InChI=1S/C18H18N4OS/c1-12(2)9-11-24-18-19-14-7-4-3-6-13(14)17-20-16(21-22(17)18)15-8-5-10-23-15/h3-8,10,12H,9,11H2,1-2H3. The Morgan fingerprint density at radius 3 is 2.79 bits per heavy atom. The summed E-state index contributed by atoms with van der Waals surface area (Å²) in [7, 11) is 0. The fourth-order valence-electron chi connectivity index (χ4n) is 2.52. The Labute approximate surface area is 144 Å². The van der Waals surface area contributed by atoms with Gasteiger partial charge in [0.15, 0.2) is 16.6 Å². The van der Waals surface area contributed by atoms with E-state index in [0.29, 0.717) is 17.5 Å². The van der Waals surface area contributed by atoms with Crippen LogP contribution in [0.2, 0.25) is 0 Å². The van der Waals surface area contributed by atoms with Crippen molar-refractivity contribution in [3.63, 3.8) is 0 Å². The molecule has 0 bridgehead atoms. The van der Waals surface area contributed by atoms with Gasteiger partial charge >= 0.3 is 0 Å². The van der Waals surface area contributed by atoms with Crippen LogP contribution >= 0.6 is 11.8 Å². The highest BCUT2D eigenvalue weighted by Crippen LogP contribution is 2.27. The quantitative estimate of drug-likeness (QED) is 0.391. The summed E-state index contributed by atoms with van der Waals surface area (Å²) >= 11 is 1.72. The van der Waals surface area contributed by atoms with Gasteiger partial charge in [-0.3, -0.25) is 0 Å². The van der Waals surface area contributed by atoms with E-state index in [1.165, 1.54) is 0 Å². The molecule has 0 aliphatic rings. The van der Waals surface area contributed by atoms with Gasteiger partial charge in [0.25, 0.3) is 0 Å². The minimum absolute atomic E-state index is 0.587. The Hall–Kier alpha value is -2.34. The molecule has 6 heteroatoms. The average molecular weight is 338 g/mol. The van der Waals surface area contributed by atoms with Gasteiger partial charge < -0.3 is 4.42 Å². The zero-order valence-corrected chi connectivity index (χ0v) is 14.5. The normalized spacial score (nSPS) is 11.8. The Balaban J connectivity index is 1.86. The van der Waals surface area contributed by atoms with Gasteiger partial charge in [-0.1, -0.05) is 37.7 Å². The van der Waals surface area contributed by atoms with Gasteiger partial charge in [0.2, 0.25) is 5.82 Å². The van der Waals surface area contributed by atoms with E-state index in [1.807, 2.05) is 40.9 Å². The molecule has 0 aliphatic heterocycles. The van der Waals surface area contributed by atoms with Gasteiger partial charge in [0.1, 0.15) is 0 Å². The second-order valence-electron chi connectivity index (χ2n) is 6.09. The number of rotatable bonds is 5. The van der Waals surface area contributed by atoms with Crippen LogP contribution < -0.4 is 0 Å². The molecule has 1 aromatic carbocycles. The predicted molar refractivity (Wildman–Crippen MR) is 96.2 cm³/mol. The number of hydrogen-bond donors (Lipinski definition) is 0. The molecule has 0 aliphatic carbocycles. The third-order valence-electron chi connectivity index (χ3n) is 3.82. The topological polar surface area (TPSA) is 56.2 Å². The Morgan fingerprint density at radius 2 is 2.00 bits per heavy atom. The van der Waals surface area contributed by atoms with Gasteiger partial charge in [-0.15, -0.1) is 5.10 Å². The maximum absolute atomic E-state index is 5.45. The SMILES string of the molecule is CC(C)CCSc1nc2ccccc2c2nc(-c3ccco3)nn12. The van der Waals surface area contributed by atoms with Crippen LogP contribution in [0.4, 0.5) is 0 Å². The second kappa shape index (κ2) is 6.28. The Kier molecular flexibility index (Phi) is 3.98. The number of aromatic nitrogens is 4. The Morgan fingerprint density at radius 1 is 1.12 bits per heavy atom. The molecular weight excluding hydrogens is 320 g/mol. The smallest absolute Gasteiger partial charge is 0.218 e. The van der Waals surface area contributed by atoms with Crippen LogP contribution in [0.15, 0.2) is 52.2 Å². The first-order valence-electron chi connectivity index (χ1n) is 8.04. The summed E-state index contributed by atoms with van der Waals surface area (Å²) in [6.07, 6.45) is 2.77. The van der Waals surface area contributed by atoms with E-state index in [4.69, 9.17) is 14.4 Å². The molecule has 0 radical (unpaired) electrons. The van der Waals surface area contributed by atoms with Crippen molar-refractivity contribution in [2.45, 2.75) is 25.4 Å². The number of thioether (sulfide) groups is 1. The van der Waals surface area contributed by atoms with Crippen molar-refractivity contribution >= 4 is 28.3 Å². The van der Waals surface area contributed by atoms with E-state index in [2.05, 4.69) is 18.9 Å². The first-order valence-corrected chi connectivity index (χ1v) is 9.03. The van der Waals surface area contributed by atoms with Crippen molar-refractivity contribution in [1.29, 1.82) is 0 Å². The molecular formula is C18H18N4OS. The molecule has 122 valence electrons. The van der Waals surface area contributed by atoms with Crippen LogP contribution in [0.25, 0.3) is 28.1 Å². The van der Waals surface area contributed by atoms with E-state index in [9.17, 15) is 0 Å². The molecule has 0 spiro atoms. The van der Waals surface area contributed by atoms with Gasteiger partial charge in [0.05, 0.1) is 11.8 Å². The van der Waals surface area contributed by atoms with Gasteiger partial charge in [0, 0.05) is 11.1 Å². The molecule has 0 unspecified atom stereocenters. The zero-order chi connectivity index (χ0) is 16.5. The van der Waals surface area contributed by atoms with Crippen LogP contribution in [-0.4, -0.2) is 25.3 Å². The molecule has 24 heavy (non-hydrogen) atoms. The van der Waals surface area contributed by atoms with Gasteiger partial charge in [-0.2, -0.15) is 4.52 Å². The number of furan rings is 1. The number of fused-ring (bicyclic) bond motifs is 3. The van der Waals surface area contributed by atoms with Gasteiger partial charge in [-0.05, 0) is 36.6 Å². The molecule has 0 amide bonds. The molecule has 0 N–H and O–H groups in total. The molecule has 0 saturated carbocycles.